The first-order valence-corrected chi connectivity index (χ1v) is 7.51. The van der Waals surface area contributed by atoms with Crippen LogP contribution in [-0.4, -0.2) is 35.6 Å². The van der Waals surface area contributed by atoms with Gasteiger partial charge in [0.1, 0.15) is 0 Å². The van der Waals surface area contributed by atoms with E-state index in [0.717, 1.165) is 44.8 Å². The van der Waals surface area contributed by atoms with Crippen LogP contribution < -0.4 is 0 Å². The first kappa shape index (κ1) is 13.9. The number of rotatable bonds is 4. The molecule has 1 aliphatic carbocycles. The van der Waals surface area contributed by atoms with Gasteiger partial charge in [0.05, 0.1) is 5.41 Å². The van der Waals surface area contributed by atoms with E-state index in [2.05, 4.69) is 18.7 Å². The van der Waals surface area contributed by atoms with E-state index in [4.69, 9.17) is 0 Å². The summed E-state index contributed by atoms with van der Waals surface area (Å²) in [6.07, 6.45) is 6.51. The van der Waals surface area contributed by atoms with Crippen LogP contribution in [0.5, 0.6) is 0 Å². The van der Waals surface area contributed by atoms with E-state index in [-0.39, 0.29) is 0 Å². The summed E-state index contributed by atoms with van der Waals surface area (Å²) in [7, 11) is 0. The predicted octanol–water partition coefficient (Wildman–Crippen LogP) is 3.00. The highest BCUT2D eigenvalue weighted by atomic mass is 16.4. The van der Waals surface area contributed by atoms with Crippen LogP contribution in [0.1, 0.15) is 52.4 Å². The summed E-state index contributed by atoms with van der Waals surface area (Å²) in [5, 5.41) is 9.66. The number of hydrogen-bond acceptors (Lipinski definition) is 2. The van der Waals surface area contributed by atoms with Crippen molar-refractivity contribution in [1.29, 1.82) is 0 Å². The van der Waals surface area contributed by atoms with Gasteiger partial charge in [0.25, 0.3) is 0 Å². The second-order valence-corrected chi connectivity index (χ2v) is 6.59. The Kier molecular flexibility index (Phi) is 4.31. The average Bonchev–Trinajstić information content (AvgIpc) is 2.76. The van der Waals surface area contributed by atoms with Crippen LogP contribution in [0.25, 0.3) is 0 Å². The lowest BCUT2D eigenvalue weighted by Crippen LogP contribution is -2.45. The smallest absolute Gasteiger partial charge is 0.310 e. The summed E-state index contributed by atoms with van der Waals surface area (Å²) < 4.78 is 0. The zero-order chi connectivity index (χ0) is 13.2. The van der Waals surface area contributed by atoms with Crippen LogP contribution in [0, 0.1) is 17.3 Å². The van der Waals surface area contributed by atoms with Crippen molar-refractivity contribution in [2.45, 2.75) is 52.4 Å². The monoisotopic (exact) mass is 253 g/mol. The maximum absolute atomic E-state index is 11.7. The Hall–Kier alpha value is -0.570. The second kappa shape index (κ2) is 5.60. The third kappa shape index (κ3) is 2.87. The number of carboxylic acid groups (broad SMARTS) is 1. The molecule has 0 aromatic rings. The van der Waals surface area contributed by atoms with E-state index in [1.807, 2.05) is 0 Å². The lowest BCUT2D eigenvalue weighted by molar-refractivity contribution is -0.153. The van der Waals surface area contributed by atoms with Gasteiger partial charge in [-0.3, -0.25) is 4.79 Å². The van der Waals surface area contributed by atoms with Crippen LogP contribution in [0.4, 0.5) is 0 Å². The van der Waals surface area contributed by atoms with Gasteiger partial charge in [0.15, 0.2) is 0 Å². The van der Waals surface area contributed by atoms with Gasteiger partial charge in [-0.25, -0.2) is 0 Å². The Balaban J connectivity index is 2.00. The number of hydrogen-bond donors (Lipinski definition) is 1. The van der Waals surface area contributed by atoms with Crippen molar-refractivity contribution in [2.75, 3.05) is 19.6 Å². The summed E-state index contributed by atoms with van der Waals surface area (Å²) in [5.41, 5.74) is -0.458. The summed E-state index contributed by atoms with van der Waals surface area (Å²) in [6, 6.07) is 0. The molecule has 1 heterocycles. The second-order valence-electron chi connectivity index (χ2n) is 6.59. The van der Waals surface area contributed by atoms with Crippen molar-refractivity contribution >= 4 is 5.97 Å². The van der Waals surface area contributed by atoms with Crippen molar-refractivity contribution < 1.29 is 9.90 Å². The van der Waals surface area contributed by atoms with Gasteiger partial charge in [0, 0.05) is 13.1 Å². The van der Waals surface area contributed by atoms with Gasteiger partial charge >= 0.3 is 5.97 Å². The molecule has 18 heavy (non-hydrogen) atoms. The SMILES string of the molecule is CCC1CCN(CC2(C(=O)O)CCCC(C)C2)C1. The summed E-state index contributed by atoms with van der Waals surface area (Å²) in [4.78, 5) is 14.1. The number of nitrogens with zero attached hydrogens (tertiary/aromatic N) is 1. The normalized spacial score (nSPS) is 37.9. The highest BCUT2D eigenvalue weighted by Gasteiger charge is 2.43. The molecule has 0 aromatic carbocycles. The minimum absolute atomic E-state index is 0.458. The van der Waals surface area contributed by atoms with Crippen molar-refractivity contribution in [2.24, 2.45) is 17.3 Å². The van der Waals surface area contributed by atoms with E-state index in [9.17, 15) is 9.90 Å². The van der Waals surface area contributed by atoms with Crippen LogP contribution in [0.3, 0.4) is 0 Å². The Bertz CT molecular complexity index is 305. The molecule has 0 amide bonds. The number of carboxylic acids is 1. The number of likely N-dealkylation sites (tertiary alicyclic amines) is 1. The summed E-state index contributed by atoms with van der Waals surface area (Å²) >= 11 is 0. The maximum atomic E-state index is 11.7. The quantitative estimate of drug-likeness (QED) is 0.837. The Morgan fingerprint density at radius 1 is 1.44 bits per heavy atom. The van der Waals surface area contributed by atoms with E-state index in [1.165, 1.54) is 19.3 Å². The first-order valence-electron chi connectivity index (χ1n) is 7.51. The molecular weight excluding hydrogens is 226 g/mol. The van der Waals surface area contributed by atoms with E-state index < -0.39 is 11.4 Å². The molecule has 3 unspecified atom stereocenters. The summed E-state index contributed by atoms with van der Waals surface area (Å²) in [5.74, 6) is 0.797. The van der Waals surface area contributed by atoms with Crippen LogP contribution in [-0.2, 0) is 4.79 Å². The lowest BCUT2D eigenvalue weighted by atomic mass is 9.69. The van der Waals surface area contributed by atoms with Crippen molar-refractivity contribution in [3.05, 3.63) is 0 Å². The standard InChI is InChI=1S/C15H27NO2/c1-3-13-6-8-16(10-13)11-15(14(17)18)7-4-5-12(2)9-15/h12-13H,3-11H2,1-2H3,(H,17,18). The van der Waals surface area contributed by atoms with Gasteiger partial charge in [-0.2, -0.15) is 0 Å². The molecule has 0 radical (unpaired) electrons. The molecule has 0 aromatic heterocycles. The van der Waals surface area contributed by atoms with Gasteiger partial charge < -0.3 is 10.0 Å². The summed E-state index contributed by atoms with van der Waals surface area (Å²) in [6.45, 7) is 7.44. The maximum Gasteiger partial charge on any atom is 0.310 e. The fraction of sp³-hybridized carbons (Fsp3) is 0.933. The zero-order valence-electron chi connectivity index (χ0n) is 11.8. The molecular formula is C15H27NO2. The largest absolute Gasteiger partial charge is 0.481 e. The molecule has 2 aliphatic rings. The molecule has 1 N–H and O–H groups in total. The van der Waals surface area contributed by atoms with Crippen LogP contribution in [0.2, 0.25) is 0 Å². The van der Waals surface area contributed by atoms with Crippen LogP contribution >= 0.6 is 0 Å². The first-order chi connectivity index (χ1) is 8.55. The minimum atomic E-state index is -0.561. The Morgan fingerprint density at radius 3 is 2.78 bits per heavy atom. The van der Waals surface area contributed by atoms with E-state index in [0.29, 0.717) is 5.92 Å². The molecule has 2 fully saturated rings. The minimum Gasteiger partial charge on any atom is -0.481 e. The van der Waals surface area contributed by atoms with Gasteiger partial charge in [-0.1, -0.05) is 33.1 Å². The molecule has 3 atom stereocenters. The zero-order valence-corrected chi connectivity index (χ0v) is 11.8. The molecule has 3 nitrogen and oxygen atoms in total. The fourth-order valence-electron chi connectivity index (χ4n) is 3.88. The number of aliphatic carboxylic acids is 1. The Morgan fingerprint density at radius 2 is 2.22 bits per heavy atom. The Labute approximate surface area is 111 Å². The van der Waals surface area contributed by atoms with Gasteiger partial charge in [0.2, 0.25) is 0 Å². The fourth-order valence-corrected chi connectivity index (χ4v) is 3.88. The van der Waals surface area contributed by atoms with Crippen molar-refractivity contribution in [1.82, 2.24) is 4.90 Å². The van der Waals surface area contributed by atoms with Crippen molar-refractivity contribution in [3.8, 4) is 0 Å². The molecule has 1 saturated carbocycles. The molecule has 104 valence electrons. The van der Waals surface area contributed by atoms with Gasteiger partial charge in [-0.15, -0.1) is 0 Å². The number of carbonyl (C=O) groups is 1. The lowest BCUT2D eigenvalue weighted by Gasteiger charge is -2.39. The molecule has 1 aliphatic heterocycles. The molecule has 2 rings (SSSR count). The third-order valence-electron chi connectivity index (χ3n) is 5.02. The highest BCUT2D eigenvalue weighted by molar-refractivity contribution is 5.75. The molecule has 0 bridgehead atoms. The predicted molar refractivity (Wildman–Crippen MR) is 72.5 cm³/mol. The van der Waals surface area contributed by atoms with Crippen LogP contribution in [0.15, 0.2) is 0 Å². The third-order valence-corrected chi connectivity index (χ3v) is 5.02. The molecule has 0 spiro atoms. The van der Waals surface area contributed by atoms with Gasteiger partial charge in [-0.05, 0) is 37.6 Å². The average molecular weight is 253 g/mol. The van der Waals surface area contributed by atoms with Crippen molar-refractivity contribution in [3.63, 3.8) is 0 Å². The molecule has 3 heteroatoms. The topological polar surface area (TPSA) is 40.5 Å². The highest BCUT2D eigenvalue weighted by Crippen LogP contribution is 2.41. The van der Waals surface area contributed by atoms with E-state index in [1.54, 1.807) is 0 Å². The molecule has 1 saturated heterocycles. The van der Waals surface area contributed by atoms with E-state index >= 15 is 0 Å².